The predicted octanol–water partition coefficient (Wildman–Crippen LogP) is 3.13. The molecule has 0 aliphatic rings. The van der Waals surface area contributed by atoms with E-state index in [0.29, 0.717) is 22.6 Å². The third kappa shape index (κ3) is 2.51. The van der Waals surface area contributed by atoms with E-state index in [0.717, 1.165) is 15.1 Å². The molecule has 8 heteroatoms. The Kier molecular flexibility index (Phi) is 3.39. The van der Waals surface area contributed by atoms with Gasteiger partial charge in [-0.1, -0.05) is 11.6 Å². The molecule has 0 saturated heterocycles. The quantitative estimate of drug-likeness (QED) is 0.571. The molecular weight excluding hydrogens is 298 g/mol. The molecule has 0 atom stereocenters. The zero-order valence-electron chi connectivity index (χ0n) is 10.4. The van der Waals surface area contributed by atoms with Gasteiger partial charge < -0.3 is 4.74 Å². The van der Waals surface area contributed by atoms with E-state index in [1.54, 1.807) is 23.6 Å². The number of nitrogen functional groups attached to an aromatic ring is 1. The van der Waals surface area contributed by atoms with Crippen LogP contribution < -0.4 is 16.0 Å². The van der Waals surface area contributed by atoms with Crippen LogP contribution in [0, 0.1) is 6.92 Å². The Labute approximate surface area is 123 Å². The molecule has 20 heavy (non-hydrogen) atoms. The van der Waals surface area contributed by atoms with E-state index in [-0.39, 0.29) is 0 Å². The highest BCUT2D eigenvalue weighted by atomic mass is 35.5. The highest BCUT2D eigenvalue weighted by Crippen LogP contribution is 2.33. The highest BCUT2D eigenvalue weighted by molar-refractivity contribution is 7.18. The number of nitrogens with zero attached hydrogens (tertiary/aromatic N) is 3. The molecule has 3 heterocycles. The third-order valence-corrected chi connectivity index (χ3v) is 3.66. The van der Waals surface area contributed by atoms with E-state index in [9.17, 15) is 0 Å². The molecule has 0 unspecified atom stereocenters. The van der Waals surface area contributed by atoms with Gasteiger partial charge in [0.15, 0.2) is 0 Å². The summed E-state index contributed by atoms with van der Waals surface area (Å²) in [5.41, 5.74) is 2.43. The third-order valence-electron chi connectivity index (χ3n) is 2.50. The van der Waals surface area contributed by atoms with Crippen LogP contribution in [0.1, 0.15) is 4.88 Å². The van der Waals surface area contributed by atoms with Crippen molar-refractivity contribution in [3.8, 4) is 11.6 Å². The lowest BCUT2D eigenvalue weighted by molar-refractivity contribution is 0.467. The van der Waals surface area contributed by atoms with Crippen molar-refractivity contribution in [2.75, 3.05) is 5.43 Å². The number of hydrogen-bond acceptors (Lipinski definition) is 7. The summed E-state index contributed by atoms with van der Waals surface area (Å²) in [6.07, 6.45) is 3.10. The van der Waals surface area contributed by atoms with Crippen LogP contribution in [0.25, 0.3) is 10.2 Å². The van der Waals surface area contributed by atoms with E-state index < -0.39 is 0 Å². The highest BCUT2D eigenvalue weighted by Gasteiger charge is 2.12. The van der Waals surface area contributed by atoms with Crippen LogP contribution in [-0.2, 0) is 0 Å². The molecule has 3 N–H and O–H groups in total. The van der Waals surface area contributed by atoms with E-state index >= 15 is 0 Å². The molecule has 0 aliphatic heterocycles. The van der Waals surface area contributed by atoms with Crippen LogP contribution in [-0.4, -0.2) is 15.0 Å². The molecule has 0 amide bonds. The Morgan fingerprint density at radius 1 is 1.30 bits per heavy atom. The van der Waals surface area contributed by atoms with Crippen LogP contribution in [0.2, 0.25) is 5.02 Å². The first-order valence-corrected chi connectivity index (χ1v) is 6.88. The molecular formula is C12H10ClN5OS. The monoisotopic (exact) mass is 307 g/mol. The second kappa shape index (κ2) is 5.20. The zero-order valence-corrected chi connectivity index (χ0v) is 12.0. The maximum Gasteiger partial charge on any atom is 0.241 e. The number of fused-ring (bicyclic) bond motifs is 1. The summed E-state index contributed by atoms with van der Waals surface area (Å²) in [7, 11) is 0. The fourth-order valence-corrected chi connectivity index (χ4v) is 2.75. The minimum absolute atomic E-state index is 0.296. The molecule has 3 aromatic heterocycles. The molecule has 0 saturated carbocycles. The molecule has 0 aromatic carbocycles. The number of nitrogens with two attached hydrogens (primary N) is 1. The number of aryl methyl sites for hydroxylation is 1. The van der Waals surface area contributed by atoms with Crippen LogP contribution in [0.4, 0.5) is 5.95 Å². The van der Waals surface area contributed by atoms with Gasteiger partial charge in [0, 0.05) is 17.1 Å². The number of ether oxygens (including phenoxy) is 1. The Morgan fingerprint density at radius 2 is 2.15 bits per heavy atom. The molecule has 0 fully saturated rings. The van der Waals surface area contributed by atoms with Crippen molar-refractivity contribution in [1.29, 1.82) is 0 Å². The molecule has 3 rings (SSSR count). The first kappa shape index (κ1) is 13.0. The fraction of sp³-hybridized carbons (Fsp3) is 0.0833. The van der Waals surface area contributed by atoms with Crippen LogP contribution in [0.15, 0.2) is 24.5 Å². The first-order chi connectivity index (χ1) is 9.65. The summed E-state index contributed by atoms with van der Waals surface area (Å²) in [5, 5.41) is 1.32. The van der Waals surface area contributed by atoms with Gasteiger partial charge in [0.2, 0.25) is 11.8 Å². The number of thiophene rings is 1. The maximum absolute atomic E-state index is 5.89. The number of rotatable bonds is 3. The van der Waals surface area contributed by atoms with Crippen LogP contribution in [0.5, 0.6) is 11.6 Å². The van der Waals surface area contributed by atoms with Gasteiger partial charge in [-0.25, -0.2) is 10.8 Å². The van der Waals surface area contributed by atoms with Gasteiger partial charge in [-0.2, -0.15) is 4.98 Å². The van der Waals surface area contributed by atoms with E-state index in [4.69, 9.17) is 22.2 Å². The Bertz CT molecular complexity index is 776. The first-order valence-electron chi connectivity index (χ1n) is 5.69. The van der Waals surface area contributed by atoms with Gasteiger partial charge in [-0.05, 0) is 13.0 Å². The minimum atomic E-state index is 0.296. The lowest BCUT2D eigenvalue weighted by atomic mass is 10.3. The lowest BCUT2D eigenvalue weighted by Crippen LogP contribution is -2.10. The van der Waals surface area contributed by atoms with Crippen molar-refractivity contribution < 1.29 is 4.74 Å². The fourth-order valence-electron chi connectivity index (χ4n) is 1.72. The van der Waals surface area contributed by atoms with Gasteiger partial charge in [0.25, 0.3) is 0 Å². The lowest BCUT2D eigenvalue weighted by Gasteiger charge is -2.07. The van der Waals surface area contributed by atoms with Gasteiger partial charge in [0.05, 0.1) is 16.6 Å². The summed E-state index contributed by atoms with van der Waals surface area (Å²) in [4.78, 5) is 14.4. The average molecular weight is 308 g/mol. The Morgan fingerprint density at radius 3 is 2.90 bits per heavy atom. The summed E-state index contributed by atoms with van der Waals surface area (Å²) >= 11 is 7.43. The number of halogens is 1. The molecule has 0 spiro atoms. The number of aromatic nitrogens is 3. The van der Waals surface area contributed by atoms with Crippen molar-refractivity contribution in [2.24, 2.45) is 5.84 Å². The summed E-state index contributed by atoms with van der Waals surface area (Å²) in [5.74, 6) is 6.59. The summed E-state index contributed by atoms with van der Waals surface area (Å²) < 4.78 is 5.74. The normalized spacial score (nSPS) is 10.8. The van der Waals surface area contributed by atoms with Gasteiger partial charge in [-0.15, -0.1) is 11.3 Å². The number of nitrogens with one attached hydrogen (secondary N) is 1. The molecule has 102 valence electrons. The van der Waals surface area contributed by atoms with Crippen molar-refractivity contribution in [1.82, 2.24) is 15.0 Å². The topological polar surface area (TPSA) is 86.0 Å². The predicted molar refractivity (Wildman–Crippen MR) is 79.3 cm³/mol. The standard InChI is InChI=1S/C12H10ClN5OS/c1-6-2-9-10(16-12(18-14)17-11(9)20-6)19-8-3-7(13)4-15-5-8/h2-5H,14H2,1H3,(H,16,17,18). The van der Waals surface area contributed by atoms with Gasteiger partial charge in [-0.3, -0.25) is 10.4 Å². The number of hydrogen-bond donors (Lipinski definition) is 2. The second-order valence-electron chi connectivity index (χ2n) is 4.01. The van der Waals surface area contributed by atoms with Gasteiger partial charge in [0.1, 0.15) is 10.6 Å². The SMILES string of the molecule is Cc1cc2c(Oc3cncc(Cl)c3)nc(NN)nc2s1. The number of anilines is 1. The van der Waals surface area contributed by atoms with Crippen LogP contribution in [0.3, 0.4) is 0 Å². The van der Waals surface area contributed by atoms with Crippen molar-refractivity contribution in [3.05, 3.63) is 34.4 Å². The maximum atomic E-state index is 5.89. The number of pyridine rings is 1. The molecule has 0 bridgehead atoms. The minimum Gasteiger partial charge on any atom is -0.436 e. The van der Waals surface area contributed by atoms with Crippen molar-refractivity contribution >= 4 is 39.1 Å². The Hall–Kier alpha value is -1.96. The molecule has 6 nitrogen and oxygen atoms in total. The number of hydrazine groups is 1. The van der Waals surface area contributed by atoms with Crippen LogP contribution >= 0.6 is 22.9 Å². The van der Waals surface area contributed by atoms with E-state index in [2.05, 4.69) is 20.4 Å². The smallest absolute Gasteiger partial charge is 0.241 e. The van der Waals surface area contributed by atoms with E-state index in [1.165, 1.54) is 6.20 Å². The second-order valence-corrected chi connectivity index (χ2v) is 5.68. The van der Waals surface area contributed by atoms with Gasteiger partial charge >= 0.3 is 0 Å². The average Bonchev–Trinajstić information content (AvgIpc) is 2.79. The molecule has 0 radical (unpaired) electrons. The Balaban J connectivity index is 2.09. The summed E-state index contributed by atoms with van der Waals surface area (Å²) in [6, 6.07) is 3.63. The molecule has 0 aliphatic carbocycles. The molecule has 3 aromatic rings. The van der Waals surface area contributed by atoms with E-state index in [1.807, 2.05) is 13.0 Å². The van der Waals surface area contributed by atoms with Crippen molar-refractivity contribution in [2.45, 2.75) is 6.92 Å². The summed E-state index contributed by atoms with van der Waals surface area (Å²) in [6.45, 7) is 1.99. The largest absolute Gasteiger partial charge is 0.436 e. The van der Waals surface area contributed by atoms with Crippen molar-refractivity contribution in [3.63, 3.8) is 0 Å². The zero-order chi connectivity index (χ0) is 14.1.